The van der Waals surface area contributed by atoms with Crippen molar-refractivity contribution in [1.82, 2.24) is 14.6 Å². The Labute approximate surface area is 128 Å². The van der Waals surface area contributed by atoms with Gasteiger partial charge in [0.1, 0.15) is 11.6 Å². The van der Waals surface area contributed by atoms with E-state index in [2.05, 4.69) is 15.4 Å². The normalized spacial score (nSPS) is 10.8. The number of ether oxygens (including phenoxy) is 2. The summed E-state index contributed by atoms with van der Waals surface area (Å²) in [4.78, 5) is 4.39. The van der Waals surface area contributed by atoms with Gasteiger partial charge in [0.15, 0.2) is 5.65 Å². The Balaban J connectivity index is 1.93. The second-order valence-corrected chi connectivity index (χ2v) is 4.78. The van der Waals surface area contributed by atoms with Gasteiger partial charge >= 0.3 is 0 Å². The number of imidazole rings is 1. The van der Waals surface area contributed by atoms with Crippen molar-refractivity contribution in [3.05, 3.63) is 42.6 Å². The number of hydrogen-bond donors (Lipinski definition) is 1. The van der Waals surface area contributed by atoms with Crippen LogP contribution in [0.1, 0.15) is 0 Å². The molecule has 0 radical (unpaired) electrons. The number of nitrogens with one attached hydrogen (secondary N) is 1. The first-order valence-electron chi connectivity index (χ1n) is 7.04. The summed E-state index contributed by atoms with van der Waals surface area (Å²) in [6.07, 6.45) is 1.82. The Kier molecular flexibility index (Phi) is 4.20. The third-order valence-corrected chi connectivity index (χ3v) is 3.36. The molecule has 114 valence electrons. The molecule has 0 fully saturated rings. The molecular formula is C16H18N4O2. The van der Waals surface area contributed by atoms with Crippen LogP contribution in [0.25, 0.3) is 16.9 Å². The van der Waals surface area contributed by atoms with Crippen molar-refractivity contribution in [2.24, 2.45) is 0 Å². The van der Waals surface area contributed by atoms with Crippen LogP contribution >= 0.6 is 0 Å². The van der Waals surface area contributed by atoms with E-state index in [-0.39, 0.29) is 0 Å². The fraction of sp³-hybridized carbons (Fsp3) is 0.250. The fourth-order valence-corrected chi connectivity index (χ4v) is 2.21. The lowest BCUT2D eigenvalue weighted by Crippen LogP contribution is -2.10. The third kappa shape index (κ3) is 2.87. The molecule has 1 aromatic carbocycles. The van der Waals surface area contributed by atoms with Crippen molar-refractivity contribution >= 4 is 11.5 Å². The van der Waals surface area contributed by atoms with Crippen LogP contribution < -0.4 is 10.1 Å². The SMILES string of the molecule is COCCNc1ccc2ncc(-c3ccc(OC)cc3)n2n1. The van der Waals surface area contributed by atoms with E-state index in [9.17, 15) is 0 Å². The topological polar surface area (TPSA) is 60.7 Å². The highest BCUT2D eigenvalue weighted by Crippen LogP contribution is 2.23. The highest BCUT2D eigenvalue weighted by atomic mass is 16.5. The molecule has 0 amide bonds. The Morgan fingerprint density at radius 1 is 1.09 bits per heavy atom. The van der Waals surface area contributed by atoms with E-state index in [0.29, 0.717) is 13.2 Å². The first-order valence-corrected chi connectivity index (χ1v) is 7.04. The van der Waals surface area contributed by atoms with E-state index in [4.69, 9.17) is 9.47 Å². The van der Waals surface area contributed by atoms with E-state index >= 15 is 0 Å². The molecule has 0 bridgehead atoms. The zero-order valence-corrected chi connectivity index (χ0v) is 12.6. The molecule has 3 rings (SSSR count). The summed E-state index contributed by atoms with van der Waals surface area (Å²) in [6, 6.07) is 11.7. The van der Waals surface area contributed by atoms with Gasteiger partial charge in [0, 0.05) is 19.2 Å². The number of aromatic nitrogens is 3. The fourth-order valence-electron chi connectivity index (χ4n) is 2.21. The van der Waals surface area contributed by atoms with Gasteiger partial charge in [0.2, 0.25) is 0 Å². The Morgan fingerprint density at radius 3 is 2.64 bits per heavy atom. The highest BCUT2D eigenvalue weighted by molar-refractivity contribution is 5.64. The van der Waals surface area contributed by atoms with Crippen molar-refractivity contribution in [3.63, 3.8) is 0 Å². The van der Waals surface area contributed by atoms with Gasteiger partial charge < -0.3 is 14.8 Å². The lowest BCUT2D eigenvalue weighted by molar-refractivity contribution is 0.210. The van der Waals surface area contributed by atoms with Gasteiger partial charge in [0.25, 0.3) is 0 Å². The Hall–Kier alpha value is -2.60. The number of rotatable bonds is 6. The van der Waals surface area contributed by atoms with Crippen molar-refractivity contribution < 1.29 is 9.47 Å². The average molecular weight is 298 g/mol. The molecule has 3 aromatic rings. The highest BCUT2D eigenvalue weighted by Gasteiger charge is 2.08. The van der Waals surface area contributed by atoms with Crippen LogP contribution in [0.2, 0.25) is 0 Å². The third-order valence-electron chi connectivity index (χ3n) is 3.36. The number of methoxy groups -OCH3 is 2. The number of hydrogen-bond acceptors (Lipinski definition) is 5. The lowest BCUT2D eigenvalue weighted by Gasteiger charge is -2.07. The van der Waals surface area contributed by atoms with Crippen LogP contribution in [0.3, 0.4) is 0 Å². The summed E-state index contributed by atoms with van der Waals surface area (Å²) in [5, 5.41) is 7.80. The van der Waals surface area contributed by atoms with Gasteiger partial charge in [-0.3, -0.25) is 0 Å². The standard InChI is InChI=1S/C16H18N4O2/c1-21-10-9-17-15-7-8-16-18-11-14(20(16)19-15)12-3-5-13(22-2)6-4-12/h3-8,11H,9-10H2,1-2H3,(H,17,19). The van der Waals surface area contributed by atoms with Crippen molar-refractivity contribution in [2.75, 3.05) is 32.7 Å². The lowest BCUT2D eigenvalue weighted by atomic mass is 10.1. The van der Waals surface area contributed by atoms with E-state index in [1.165, 1.54) is 0 Å². The van der Waals surface area contributed by atoms with Crippen LogP contribution in [-0.4, -0.2) is 42.0 Å². The minimum Gasteiger partial charge on any atom is -0.497 e. The van der Waals surface area contributed by atoms with E-state index in [0.717, 1.165) is 28.5 Å². The number of anilines is 1. The monoisotopic (exact) mass is 298 g/mol. The summed E-state index contributed by atoms with van der Waals surface area (Å²) in [6.45, 7) is 1.34. The first kappa shape index (κ1) is 14.3. The van der Waals surface area contributed by atoms with Crippen molar-refractivity contribution in [2.45, 2.75) is 0 Å². The molecule has 22 heavy (non-hydrogen) atoms. The number of fused-ring (bicyclic) bond motifs is 1. The van der Waals surface area contributed by atoms with Crippen LogP contribution in [0.15, 0.2) is 42.6 Å². The maximum absolute atomic E-state index is 5.19. The molecule has 0 aliphatic carbocycles. The molecule has 0 aliphatic heterocycles. The minimum atomic E-state index is 0.634. The summed E-state index contributed by atoms with van der Waals surface area (Å²) < 4.78 is 12.0. The van der Waals surface area contributed by atoms with Crippen LogP contribution in [0.5, 0.6) is 5.75 Å². The molecule has 6 nitrogen and oxygen atoms in total. The molecule has 1 N–H and O–H groups in total. The first-order chi connectivity index (χ1) is 10.8. The van der Waals surface area contributed by atoms with Gasteiger partial charge in [-0.2, -0.15) is 0 Å². The van der Waals surface area contributed by atoms with Gasteiger partial charge in [-0.1, -0.05) is 0 Å². The summed E-state index contributed by atoms with van der Waals surface area (Å²) in [7, 11) is 3.33. The molecule has 6 heteroatoms. The van der Waals surface area contributed by atoms with Crippen LogP contribution in [0.4, 0.5) is 5.82 Å². The van der Waals surface area contributed by atoms with E-state index in [1.807, 2.05) is 47.1 Å². The molecule has 2 heterocycles. The molecule has 2 aromatic heterocycles. The predicted molar refractivity (Wildman–Crippen MR) is 85.3 cm³/mol. The number of nitrogens with zero attached hydrogens (tertiary/aromatic N) is 3. The van der Waals surface area contributed by atoms with Gasteiger partial charge in [0.05, 0.1) is 25.6 Å². The summed E-state index contributed by atoms with van der Waals surface area (Å²) in [5.74, 6) is 1.62. The minimum absolute atomic E-state index is 0.634. The van der Waals surface area contributed by atoms with E-state index < -0.39 is 0 Å². The molecule has 0 aliphatic rings. The Bertz CT molecular complexity index is 752. The zero-order valence-electron chi connectivity index (χ0n) is 12.6. The second kappa shape index (κ2) is 6.44. The van der Waals surface area contributed by atoms with Gasteiger partial charge in [-0.15, -0.1) is 5.10 Å². The van der Waals surface area contributed by atoms with Crippen LogP contribution in [0, 0.1) is 0 Å². The maximum atomic E-state index is 5.19. The predicted octanol–water partition coefficient (Wildman–Crippen LogP) is 2.46. The second-order valence-electron chi connectivity index (χ2n) is 4.78. The van der Waals surface area contributed by atoms with Gasteiger partial charge in [-0.05, 0) is 36.4 Å². The van der Waals surface area contributed by atoms with Crippen LogP contribution in [-0.2, 0) is 4.74 Å². The smallest absolute Gasteiger partial charge is 0.154 e. The average Bonchev–Trinajstić information content (AvgIpc) is 2.98. The summed E-state index contributed by atoms with van der Waals surface area (Å²) in [5.41, 5.74) is 2.78. The quantitative estimate of drug-likeness (QED) is 0.708. The zero-order chi connectivity index (χ0) is 15.4. The molecule has 0 saturated carbocycles. The maximum Gasteiger partial charge on any atom is 0.154 e. The van der Waals surface area contributed by atoms with E-state index in [1.54, 1.807) is 14.2 Å². The Morgan fingerprint density at radius 2 is 1.91 bits per heavy atom. The summed E-state index contributed by atoms with van der Waals surface area (Å²) >= 11 is 0. The largest absolute Gasteiger partial charge is 0.497 e. The van der Waals surface area contributed by atoms with Gasteiger partial charge in [-0.25, -0.2) is 9.50 Å². The molecule has 0 spiro atoms. The number of benzene rings is 1. The molecule has 0 unspecified atom stereocenters. The van der Waals surface area contributed by atoms with Crippen molar-refractivity contribution in [1.29, 1.82) is 0 Å². The molecule has 0 saturated heterocycles. The molecular weight excluding hydrogens is 280 g/mol. The van der Waals surface area contributed by atoms with Crippen molar-refractivity contribution in [3.8, 4) is 17.0 Å². The molecule has 0 atom stereocenters.